The van der Waals surface area contributed by atoms with Crippen molar-refractivity contribution in [3.63, 3.8) is 0 Å². The van der Waals surface area contributed by atoms with Crippen molar-refractivity contribution >= 4 is 16.6 Å². The molecule has 1 atom stereocenters. The molecule has 1 aromatic rings. The Morgan fingerprint density at radius 2 is 1.85 bits per heavy atom. The van der Waals surface area contributed by atoms with Crippen molar-refractivity contribution in [3.05, 3.63) is 18.2 Å². The highest BCUT2D eigenvalue weighted by Gasteiger charge is 2.24. The summed E-state index contributed by atoms with van der Waals surface area (Å²) >= 11 is 0. The van der Waals surface area contributed by atoms with E-state index in [1.54, 1.807) is 18.2 Å². The number of hydrogen-bond acceptors (Lipinski definition) is 4. The quantitative estimate of drug-likeness (QED) is 0.860. The minimum Gasteiger partial charge on any atom is -0.490 e. The molecule has 4 nitrogen and oxygen atoms in total. The topological polar surface area (TPSA) is 52.6 Å². The Bertz CT molecular complexity index is 531. The van der Waals surface area contributed by atoms with Crippen molar-refractivity contribution < 1.29 is 18.5 Å². The van der Waals surface area contributed by atoms with Crippen LogP contribution in [0.15, 0.2) is 23.1 Å². The van der Waals surface area contributed by atoms with E-state index >= 15 is 0 Å². The van der Waals surface area contributed by atoms with Gasteiger partial charge in [-0.25, -0.2) is 0 Å². The monoisotopic (exact) mass is 296 g/mol. The zero-order chi connectivity index (χ0) is 14.8. The highest BCUT2D eigenvalue weighted by atomic mass is 32.2. The second-order valence-electron chi connectivity index (χ2n) is 5.82. The Morgan fingerprint density at radius 3 is 2.50 bits per heavy atom. The van der Waals surface area contributed by atoms with E-state index in [1.165, 1.54) is 0 Å². The predicted octanol–water partition coefficient (Wildman–Crippen LogP) is 2.57. The van der Waals surface area contributed by atoms with E-state index in [4.69, 9.17) is 9.47 Å². The van der Waals surface area contributed by atoms with Crippen LogP contribution in [0, 0.1) is 5.41 Å². The van der Waals surface area contributed by atoms with Crippen LogP contribution in [0.2, 0.25) is 0 Å². The maximum Gasteiger partial charge on any atom is 0.162 e. The lowest BCUT2D eigenvalue weighted by Gasteiger charge is -2.16. The molecule has 0 radical (unpaired) electrons. The zero-order valence-electron chi connectivity index (χ0n) is 12.1. The first-order valence-electron chi connectivity index (χ1n) is 6.69. The third-order valence-electron chi connectivity index (χ3n) is 3.08. The molecule has 1 aliphatic heterocycles. The Kier molecular flexibility index (Phi) is 4.48. The molecular weight excluding hydrogens is 276 g/mol. The number of Topliss-reactive ketones (excluding diaryl/α,β-unsaturated/α-hetero) is 1. The van der Waals surface area contributed by atoms with Crippen molar-refractivity contribution in [2.75, 3.05) is 19.0 Å². The van der Waals surface area contributed by atoms with Gasteiger partial charge in [0.25, 0.3) is 0 Å². The predicted molar refractivity (Wildman–Crippen MR) is 77.8 cm³/mol. The average Bonchev–Trinajstić information content (AvgIpc) is 2.61. The molecule has 110 valence electrons. The molecule has 0 saturated heterocycles. The molecule has 1 unspecified atom stereocenters. The van der Waals surface area contributed by atoms with E-state index in [-0.39, 0.29) is 11.5 Å². The number of benzene rings is 1. The van der Waals surface area contributed by atoms with Crippen molar-refractivity contribution in [2.45, 2.75) is 32.1 Å². The van der Waals surface area contributed by atoms with Crippen molar-refractivity contribution in [1.82, 2.24) is 0 Å². The highest BCUT2D eigenvalue weighted by molar-refractivity contribution is 7.85. The van der Waals surface area contributed by atoms with Crippen LogP contribution in [-0.2, 0) is 15.6 Å². The number of carbonyl (C=O) groups excluding carboxylic acids is 1. The van der Waals surface area contributed by atoms with Gasteiger partial charge in [0.2, 0.25) is 0 Å². The van der Waals surface area contributed by atoms with Crippen LogP contribution in [-0.4, -0.2) is 29.0 Å². The van der Waals surface area contributed by atoms with Crippen molar-refractivity contribution in [3.8, 4) is 11.5 Å². The lowest BCUT2D eigenvalue weighted by Crippen LogP contribution is -2.25. The maximum absolute atomic E-state index is 12.3. The van der Waals surface area contributed by atoms with Gasteiger partial charge in [0, 0.05) is 22.8 Å². The summed E-state index contributed by atoms with van der Waals surface area (Å²) in [5, 5.41) is 0. The Hall–Kier alpha value is -1.36. The smallest absolute Gasteiger partial charge is 0.162 e. The van der Waals surface area contributed by atoms with Gasteiger partial charge in [-0.05, 0) is 12.1 Å². The second-order valence-corrected chi connectivity index (χ2v) is 7.27. The lowest BCUT2D eigenvalue weighted by atomic mass is 9.92. The summed E-state index contributed by atoms with van der Waals surface area (Å²) in [6.07, 6.45) is 0.829. The van der Waals surface area contributed by atoms with E-state index in [2.05, 4.69) is 0 Å². The van der Waals surface area contributed by atoms with E-state index < -0.39 is 16.2 Å². The number of hydrogen-bond donors (Lipinski definition) is 0. The van der Waals surface area contributed by atoms with Gasteiger partial charge in [0.05, 0.1) is 29.8 Å². The summed E-state index contributed by atoms with van der Waals surface area (Å²) in [4.78, 5) is 12.5. The minimum atomic E-state index is -1.35. The maximum atomic E-state index is 12.3. The number of fused-ring (bicyclic) bond motifs is 1. The molecule has 1 heterocycles. The molecule has 0 bridgehead atoms. The molecule has 0 amide bonds. The fourth-order valence-electron chi connectivity index (χ4n) is 1.70. The molecule has 0 saturated carbocycles. The molecular formula is C15H20O4S. The molecule has 0 N–H and O–H groups in total. The molecule has 1 aliphatic rings. The number of carbonyl (C=O) groups is 1. The molecule has 0 fully saturated rings. The Balaban J connectivity index is 2.15. The average molecular weight is 296 g/mol. The normalized spacial score (nSPS) is 16.4. The Morgan fingerprint density at radius 1 is 1.20 bits per heavy atom. The van der Waals surface area contributed by atoms with Crippen LogP contribution < -0.4 is 9.47 Å². The van der Waals surface area contributed by atoms with Gasteiger partial charge in [0.15, 0.2) is 17.3 Å². The third-order valence-corrected chi connectivity index (χ3v) is 4.38. The van der Waals surface area contributed by atoms with Gasteiger partial charge in [-0.3, -0.25) is 9.00 Å². The van der Waals surface area contributed by atoms with Crippen LogP contribution in [0.5, 0.6) is 11.5 Å². The summed E-state index contributed by atoms with van der Waals surface area (Å²) in [7, 11) is -1.35. The SMILES string of the molecule is CC(C)(C)C(=O)CS(=O)c1ccc2c(c1)OCCCO2. The van der Waals surface area contributed by atoms with E-state index in [1.807, 2.05) is 20.8 Å². The number of ether oxygens (including phenoxy) is 2. The lowest BCUT2D eigenvalue weighted by molar-refractivity contribution is -0.123. The van der Waals surface area contributed by atoms with Crippen LogP contribution in [0.1, 0.15) is 27.2 Å². The molecule has 20 heavy (non-hydrogen) atoms. The number of ketones is 1. The summed E-state index contributed by atoms with van der Waals surface area (Å²) in [5.41, 5.74) is -0.471. The van der Waals surface area contributed by atoms with Crippen molar-refractivity contribution in [1.29, 1.82) is 0 Å². The summed E-state index contributed by atoms with van der Waals surface area (Å²) < 4.78 is 23.4. The highest BCUT2D eigenvalue weighted by Crippen LogP contribution is 2.31. The van der Waals surface area contributed by atoms with Gasteiger partial charge < -0.3 is 9.47 Å². The summed E-state index contributed by atoms with van der Waals surface area (Å²) in [6.45, 7) is 6.71. The van der Waals surface area contributed by atoms with Crippen LogP contribution in [0.4, 0.5) is 0 Å². The van der Waals surface area contributed by atoms with Gasteiger partial charge in [-0.1, -0.05) is 20.8 Å². The van der Waals surface area contributed by atoms with Crippen LogP contribution >= 0.6 is 0 Å². The second kappa shape index (κ2) is 5.95. The largest absolute Gasteiger partial charge is 0.490 e. The summed E-state index contributed by atoms with van der Waals surface area (Å²) in [5.74, 6) is 1.30. The first-order valence-corrected chi connectivity index (χ1v) is 8.01. The molecule has 0 aromatic heterocycles. The molecule has 1 aromatic carbocycles. The molecule has 0 spiro atoms. The molecule has 0 aliphatic carbocycles. The fourth-order valence-corrected chi connectivity index (χ4v) is 3.00. The van der Waals surface area contributed by atoms with Crippen LogP contribution in [0.3, 0.4) is 0 Å². The van der Waals surface area contributed by atoms with Crippen LogP contribution in [0.25, 0.3) is 0 Å². The van der Waals surface area contributed by atoms with Gasteiger partial charge in [-0.2, -0.15) is 0 Å². The zero-order valence-corrected chi connectivity index (χ0v) is 12.9. The third kappa shape index (κ3) is 3.60. The standard InChI is InChI=1S/C15H20O4S/c1-15(2,3)14(16)10-20(17)11-5-6-12-13(9-11)19-8-4-7-18-12/h5-6,9H,4,7-8,10H2,1-3H3. The van der Waals surface area contributed by atoms with Gasteiger partial charge >= 0.3 is 0 Å². The fraction of sp³-hybridized carbons (Fsp3) is 0.533. The van der Waals surface area contributed by atoms with Gasteiger partial charge in [-0.15, -0.1) is 0 Å². The first-order chi connectivity index (χ1) is 9.38. The minimum absolute atomic E-state index is 0.0112. The number of rotatable bonds is 3. The molecule has 2 rings (SSSR count). The van der Waals surface area contributed by atoms with Crippen molar-refractivity contribution in [2.24, 2.45) is 5.41 Å². The Labute approximate surface area is 121 Å². The van der Waals surface area contributed by atoms with E-state index in [0.29, 0.717) is 29.6 Å². The summed E-state index contributed by atoms with van der Waals surface area (Å²) in [6, 6.07) is 5.21. The first kappa shape index (κ1) is 15.0. The van der Waals surface area contributed by atoms with Gasteiger partial charge in [0.1, 0.15) is 0 Å². The molecule has 5 heteroatoms. The van der Waals surface area contributed by atoms with E-state index in [9.17, 15) is 9.00 Å². The van der Waals surface area contributed by atoms with E-state index in [0.717, 1.165) is 6.42 Å².